The van der Waals surface area contributed by atoms with Gasteiger partial charge in [-0.25, -0.2) is 0 Å². The molecule has 10 heavy (non-hydrogen) atoms. The molecular formula is C8H13NO. The maximum Gasteiger partial charge on any atom is 0.137 e. The van der Waals surface area contributed by atoms with E-state index in [0.29, 0.717) is 0 Å². The number of hydrogen-bond acceptors (Lipinski definition) is 2. The Labute approximate surface area is 61.2 Å². The molecule has 0 aromatic rings. The summed E-state index contributed by atoms with van der Waals surface area (Å²) in [5, 5.41) is 0. The zero-order valence-corrected chi connectivity index (χ0v) is 6.45. The number of nitrogens with zero attached hydrogens (tertiary/aromatic N) is 1. The van der Waals surface area contributed by atoms with Crippen LogP contribution in [0.25, 0.3) is 0 Å². The van der Waals surface area contributed by atoms with Crippen molar-refractivity contribution in [1.29, 1.82) is 0 Å². The van der Waals surface area contributed by atoms with Crippen molar-refractivity contribution >= 4 is 6.29 Å². The maximum atomic E-state index is 10.4. The highest BCUT2D eigenvalue weighted by Crippen LogP contribution is 2.51. The van der Waals surface area contributed by atoms with E-state index in [4.69, 9.17) is 0 Å². The Hall–Kier alpha value is -0.370. The second-order valence-corrected chi connectivity index (χ2v) is 3.62. The lowest BCUT2D eigenvalue weighted by atomic mass is 10.1. The third-order valence-electron chi connectivity index (χ3n) is 3.18. The van der Waals surface area contributed by atoms with E-state index in [1.165, 1.54) is 0 Å². The number of rotatable bonds is 1. The summed E-state index contributed by atoms with van der Waals surface area (Å²) in [4.78, 5) is 12.7. The molecule has 1 saturated heterocycles. The van der Waals surface area contributed by atoms with Gasteiger partial charge in [0.25, 0.3) is 0 Å². The summed E-state index contributed by atoms with van der Waals surface area (Å²) in [5.41, 5.74) is 0. The molecule has 2 aliphatic rings. The molecule has 56 valence electrons. The zero-order chi connectivity index (χ0) is 7.30. The van der Waals surface area contributed by atoms with E-state index in [0.717, 1.165) is 30.6 Å². The van der Waals surface area contributed by atoms with Gasteiger partial charge in [0.05, 0.1) is 6.04 Å². The highest BCUT2D eigenvalue weighted by Gasteiger charge is 2.56. The van der Waals surface area contributed by atoms with Crippen molar-refractivity contribution in [2.24, 2.45) is 11.8 Å². The smallest absolute Gasteiger partial charge is 0.137 e. The van der Waals surface area contributed by atoms with E-state index < -0.39 is 0 Å². The minimum absolute atomic E-state index is 0.228. The number of likely N-dealkylation sites (tertiary alicyclic amines) is 1. The monoisotopic (exact) mass is 139 g/mol. The van der Waals surface area contributed by atoms with Crippen LogP contribution >= 0.6 is 0 Å². The molecule has 4 atom stereocenters. The Morgan fingerprint density at radius 1 is 1.60 bits per heavy atom. The summed E-state index contributed by atoms with van der Waals surface area (Å²) >= 11 is 0. The van der Waals surface area contributed by atoms with Crippen LogP contribution in [0.3, 0.4) is 0 Å². The van der Waals surface area contributed by atoms with E-state index in [1.54, 1.807) is 0 Å². The number of likely N-dealkylation sites (N-methyl/N-ethyl adjacent to an activating group) is 1. The average Bonchev–Trinajstić information content (AvgIpc) is 2.38. The lowest BCUT2D eigenvalue weighted by Crippen LogP contribution is -2.31. The Balaban J connectivity index is 2.06. The molecule has 2 nitrogen and oxygen atoms in total. The third kappa shape index (κ3) is 0.601. The van der Waals surface area contributed by atoms with Crippen LogP contribution in [0, 0.1) is 11.8 Å². The highest BCUT2D eigenvalue weighted by molar-refractivity contribution is 5.59. The van der Waals surface area contributed by atoms with Crippen LogP contribution in [0.15, 0.2) is 0 Å². The largest absolute Gasteiger partial charge is 0.302 e. The molecule has 0 spiro atoms. The van der Waals surface area contributed by atoms with Crippen LogP contribution < -0.4 is 0 Å². The van der Waals surface area contributed by atoms with E-state index in [2.05, 4.69) is 18.9 Å². The zero-order valence-electron chi connectivity index (χ0n) is 6.45. The molecule has 0 amide bonds. The summed E-state index contributed by atoms with van der Waals surface area (Å²) in [5.74, 6) is 1.68. The van der Waals surface area contributed by atoms with Gasteiger partial charge in [-0.05, 0) is 25.3 Å². The lowest BCUT2D eigenvalue weighted by molar-refractivity contribution is -0.111. The van der Waals surface area contributed by atoms with Gasteiger partial charge in [-0.15, -0.1) is 0 Å². The van der Waals surface area contributed by atoms with E-state index in [9.17, 15) is 4.79 Å². The maximum absolute atomic E-state index is 10.4. The van der Waals surface area contributed by atoms with Crippen molar-refractivity contribution in [2.45, 2.75) is 25.4 Å². The minimum Gasteiger partial charge on any atom is -0.302 e. The Morgan fingerprint density at radius 3 is 2.70 bits per heavy atom. The SMILES string of the molecule is CC1C2CC(C=O)N(C)C12. The van der Waals surface area contributed by atoms with Gasteiger partial charge >= 0.3 is 0 Å². The quantitative estimate of drug-likeness (QED) is 0.494. The molecule has 0 aromatic heterocycles. The van der Waals surface area contributed by atoms with Gasteiger partial charge in [-0.2, -0.15) is 0 Å². The fourth-order valence-electron chi connectivity index (χ4n) is 2.37. The van der Waals surface area contributed by atoms with Gasteiger partial charge in [-0.1, -0.05) is 6.92 Å². The first kappa shape index (κ1) is 6.35. The molecular weight excluding hydrogens is 126 g/mol. The molecule has 4 unspecified atom stereocenters. The van der Waals surface area contributed by atoms with Crippen molar-refractivity contribution < 1.29 is 4.79 Å². The number of fused-ring (bicyclic) bond motifs is 1. The van der Waals surface area contributed by atoms with Gasteiger partial charge in [-0.3, -0.25) is 4.90 Å². The first-order chi connectivity index (χ1) is 4.75. The molecule has 2 rings (SSSR count). The van der Waals surface area contributed by atoms with Crippen LogP contribution in [0.5, 0.6) is 0 Å². The van der Waals surface area contributed by atoms with Crippen molar-refractivity contribution in [3.05, 3.63) is 0 Å². The van der Waals surface area contributed by atoms with E-state index >= 15 is 0 Å². The number of carbonyl (C=O) groups excluding carboxylic acids is 1. The van der Waals surface area contributed by atoms with Crippen LogP contribution in [-0.2, 0) is 4.79 Å². The van der Waals surface area contributed by atoms with Crippen LogP contribution in [0.4, 0.5) is 0 Å². The second-order valence-electron chi connectivity index (χ2n) is 3.62. The summed E-state index contributed by atoms with van der Waals surface area (Å²) < 4.78 is 0. The normalized spacial score (nSPS) is 52.6. The summed E-state index contributed by atoms with van der Waals surface area (Å²) in [6.45, 7) is 2.27. The second kappa shape index (κ2) is 1.82. The topological polar surface area (TPSA) is 20.3 Å². The molecule has 2 heteroatoms. The number of aldehydes is 1. The summed E-state index contributed by atoms with van der Waals surface area (Å²) in [7, 11) is 2.06. The predicted octanol–water partition coefficient (Wildman–Crippen LogP) is 0.524. The number of carbonyl (C=O) groups is 1. The van der Waals surface area contributed by atoms with E-state index in [1.807, 2.05) is 0 Å². The molecule has 0 bridgehead atoms. The Bertz CT molecular complexity index is 169. The third-order valence-corrected chi connectivity index (χ3v) is 3.18. The van der Waals surface area contributed by atoms with Gasteiger partial charge in [0.15, 0.2) is 0 Å². The summed E-state index contributed by atoms with van der Waals surface area (Å²) in [6, 6.07) is 0.960. The van der Waals surface area contributed by atoms with E-state index in [-0.39, 0.29) is 6.04 Å². The fourth-order valence-corrected chi connectivity index (χ4v) is 2.37. The van der Waals surface area contributed by atoms with Crippen molar-refractivity contribution in [3.63, 3.8) is 0 Å². The minimum atomic E-state index is 0.228. The Morgan fingerprint density at radius 2 is 2.30 bits per heavy atom. The number of piperidine rings is 1. The molecule has 0 radical (unpaired) electrons. The molecule has 0 aromatic carbocycles. The van der Waals surface area contributed by atoms with Gasteiger partial charge in [0, 0.05) is 6.04 Å². The molecule has 2 fully saturated rings. The van der Waals surface area contributed by atoms with Crippen LogP contribution in [0.1, 0.15) is 13.3 Å². The molecule has 1 aliphatic carbocycles. The summed E-state index contributed by atoms with van der Waals surface area (Å²) in [6.07, 6.45) is 2.19. The standard InChI is InChI=1S/C8H13NO/c1-5-7-3-6(4-10)9(2)8(5)7/h4-8H,3H2,1-2H3. The van der Waals surface area contributed by atoms with Crippen molar-refractivity contribution in [1.82, 2.24) is 4.90 Å². The average molecular weight is 139 g/mol. The van der Waals surface area contributed by atoms with Crippen molar-refractivity contribution in [3.8, 4) is 0 Å². The first-order valence-corrected chi connectivity index (χ1v) is 3.93. The predicted molar refractivity (Wildman–Crippen MR) is 38.7 cm³/mol. The molecule has 1 aliphatic heterocycles. The first-order valence-electron chi connectivity index (χ1n) is 3.93. The molecule has 0 N–H and O–H groups in total. The lowest BCUT2D eigenvalue weighted by Gasteiger charge is -2.17. The van der Waals surface area contributed by atoms with Gasteiger partial charge < -0.3 is 4.79 Å². The van der Waals surface area contributed by atoms with Crippen LogP contribution in [-0.4, -0.2) is 30.3 Å². The van der Waals surface area contributed by atoms with Gasteiger partial charge in [0.1, 0.15) is 6.29 Å². The Kier molecular flexibility index (Phi) is 1.15. The highest BCUT2D eigenvalue weighted by atomic mass is 16.1. The van der Waals surface area contributed by atoms with Crippen LogP contribution in [0.2, 0.25) is 0 Å². The molecule has 1 saturated carbocycles. The van der Waals surface area contributed by atoms with Crippen molar-refractivity contribution in [2.75, 3.05) is 7.05 Å². The van der Waals surface area contributed by atoms with Gasteiger partial charge in [0.2, 0.25) is 0 Å². The molecule has 1 heterocycles. The fraction of sp³-hybridized carbons (Fsp3) is 0.875. The number of hydrogen-bond donors (Lipinski definition) is 0.